The second-order valence-corrected chi connectivity index (χ2v) is 6.55. The van der Waals surface area contributed by atoms with Crippen LogP contribution in [0.5, 0.6) is 0 Å². The Morgan fingerprint density at radius 3 is 2.74 bits per heavy atom. The Morgan fingerprint density at radius 2 is 2.13 bits per heavy atom. The first-order valence-electron chi connectivity index (χ1n) is 7.69. The van der Waals surface area contributed by atoms with E-state index in [4.69, 9.17) is 9.26 Å². The second kappa shape index (κ2) is 6.12. The van der Waals surface area contributed by atoms with Gasteiger partial charge in [0.2, 0.25) is 5.91 Å². The first-order valence-corrected chi connectivity index (χ1v) is 7.69. The minimum Gasteiger partial charge on any atom is -0.362 e. The van der Waals surface area contributed by atoms with Crippen LogP contribution in [0.4, 0.5) is 0 Å². The summed E-state index contributed by atoms with van der Waals surface area (Å²) in [7, 11) is 0. The third kappa shape index (κ3) is 3.27. The third-order valence-electron chi connectivity index (χ3n) is 4.09. The van der Waals surface area contributed by atoms with Crippen LogP contribution in [-0.2, 0) is 16.1 Å². The summed E-state index contributed by atoms with van der Waals surface area (Å²) in [6, 6.07) is 10.2. The summed E-state index contributed by atoms with van der Waals surface area (Å²) in [4.78, 5) is 18.3. The van der Waals surface area contributed by atoms with Crippen molar-refractivity contribution in [3.8, 4) is 0 Å². The van der Waals surface area contributed by atoms with Gasteiger partial charge < -0.3 is 14.2 Å². The number of aromatic nitrogens is 2. The molecule has 23 heavy (non-hydrogen) atoms. The Balaban J connectivity index is 1.59. The van der Waals surface area contributed by atoms with Crippen molar-refractivity contribution in [1.82, 2.24) is 15.0 Å². The molecule has 1 aromatic heterocycles. The molecule has 0 saturated carbocycles. The quantitative estimate of drug-likeness (QED) is 0.848. The predicted molar refractivity (Wildman–Crippen MR) is 83.4 cm³/mol. The number of hydrogen-bond acceptors (Lipinski definition) is 5. The summed E-state index contributed by atoms with van der Waals surface area (Å²) in [5, 5.41) is 3.69. The zero-order valence-electron chi connectivity index (χ0n) is 13.7. The van der Waals surface area contributed by atoms with Gasteiger partial charge in [0.05, 0.1) is 6.04 Å². The highest BCUT2D eigenvalue weighted by Gasteiger charge is 2.48. The zero-order chi connectivity index (χ0) is 16.4. The van der Waals surface area contributed by atoms with Gasteiger partial charge in [-0.25, -0.2) is 0 Å². The van der Waals surface area contributed by atoms with E-state index >= 15 is 0 Å². The average Bonchev–Trinajstić information content (AvgIpc) is 2.91. The molecule has 3 rings (SSSR count). The summed E-state index contributed by atoms with van der Waals surface area (Å²) in [5.74, 6) is 0.928. The summed E-state index contributed by atoms with van der Waals surface area (Å²) in [5.41, 5.74) is 1.23. The number of hydrogen-bond donors (Lipinski definition) is 0. The first kappa shape index (κ1) is 15.7. The largest absolute Gasteiger partial charge is 0.362 e. The molecule has 6 heteroatoms. The van der Waals surface area contributed by atoms with Gasteiger partial charge in [-0.15, -0.1) is 0 Å². The summed E-state index contributed by atoms with van der Waals surface area (Å²) in [6.07, 6.45) is 0. The molecule has 1 amide bonds. The molecule has 1 unspecified atom stereocenters. The Bertz CT molecular complexity index is 681. The molecule has 0 bridgehead atoms. The van der Waals surface area contributed by atoms with Crippen LogP contribution in [-0.4, -0.2) is 34.1 Å². The first-order chi connectivity index (χ1) is 11.0. The Kier molecular flexibility index (Phi) is 4.17. The lowest BCUT2D eigenvalue weighted by atomic mass is 9.71. The lowest BCUT2D eigenvalue weighted by Gasteiger charge is -2.54. The SMILES string of the molecule is Cc1noc(COCC(=O)N2CC(C)(C)C2c2ccccc2)n1. The molecule has 122 valence electrons. The fourth-order valence-corrected chi connectivity index (χ4v) is 3.13. The zero-order valence-corrected chi connectivity index (χ0v) is 13.7. The molecule has 0 spiro atoms. The highest BCUT2D eigenvalue weighted by atomic mass is 16.5. The minimum absolute atomic E-state index is 0.0147. The van der Waals surface area contributed by atoms with Gasteiger partial charge >= 0.3 is 0 Å². The molecule has 2 heterocycles. The minimum atomic E-state index is -0.0191. The maximum Gasteiger partial charge on any atom is 0.252 e. The van der Waals surface area contributed by atoms with E-state index in [2.05, 4.69) is 36.1 Å². The van der Waals surface area contributed by atoms with Crippen molar-refractivity contribution in [2.45, 2.75) is 33.4 Å². The highest BCUT2D eigenvalue weighted by molar-refractivity contribution is 5.79. The van der Waals surface area contributed by atoms with Crippen molar-refractivity contribution >= 4 is 5.91 Å². The van der Waals surface area contributed by atoms with Crippen molar-refractivity contribution in [2.75, 3.05) is 13.2 Å². The molecule has 1 aliphatic rings. The van der Waals surface area contributed by atoms with E-state index in [0.29, 0.717) is 11.7 Å². The highest BCUT2D eigenvalue weighted by Crippen LogP contribution is 2.48. The number of carbonyl (C=O) groups is 1. The van der Waals surface area contributed by atoms with E-state index in [-0.39, 0.29) is 30.6 Å². The monoisotopic (exact) mass is 315 g/mol. The van der Waals surface area contributed by atoms with E-state index in [1.807, 2.05) is 23.1 Å². The van der Waals surface area contributed by atoms with Gasteiger partial charge in [-0.3, -0.25) is 4.79 Å². The van der Waals surface area contributed by atoms with E-state index in [1.54, 1.807) is 6.92 Å². The van der Waals surface area contributed by atoms with Gasteiger partial charge in [-0.05, 0) is 12.5 Å². The predicted octanol–water partition coefficient (Wildman–Crippen LogP) is 2.50. The summed E-state index contributed by atoms with van der Waals surface area (Å²) >= 11 is 0. The van der Waals surface area contributed by atoms with Gasteiger partial charge in [-0.2, -0.15) is 4.98 Å². The van der Waals surface area contributed by atoms with Crippen molar-refractivity contribution in [2.24, 2.45) is 5.41 Å². The standard InChI is InChI=1S/C17H21N3O3/c1-12-18-14(23-19-12)9-22-10-15(21)20-11-17(2,3)16(20)13-7-5-4-6-8-13/h4-8,16H,9-11H2,1-3H3. The van der Waals surface area contributed by atoms with Crippen molar-refractivity contribution in [3.05, 3.63) is 47.6 Å². The maximum atomic E-state index is 12.4. The smallest absolute Gasteiger partial charge is 0.252 e. The Labute approximate surface area is 135 Å². The van der Waals surface area contributed by atoms with Crippen molar-refractivity contribution in [3.63, 3.8) is 0 Å². The number of ether oxygens (including phenoxy) is 1. The number of rotatable bonds is 5. The topological polar surface area (TPSA) is 68.5 Å². The molecule has 2 aromatic rings. The summed E-state index contributed by atoms with van der Waals surface area (Å²) in [6.45, 7) is 6.99. The molecular formula is C17H21N3O3. The molecule has 1 atom stereocenters. The van der Waals surface area contributed by atoms with Gasteiger partial charge in [0.25, 0.3) is 5.89 Å². The van der Waals surface area contributed by atoms with Crippen molar-refractivity contribution < 1.29 is 14.1 Å². The number of nitrogens with zero attached hydrogens (tertiary/aromatic N) is 3. The van der Waals surface area contributed by atoms with Gasteiger partial charge in [0.1, 0.15) is 13.2 Å². The number of aryl methyl sites for hydroxylation is 1. The molecular weight excluding hydrogens is 294 g/mol. The van der Waals surface area contributed by atoms with Crippen LogP contribution < -0.4 is 0 Å². The molecule has 0 aliphatic carbocycles. The summed E-state index contributed by atoms with van der Waals surface area (Å²) < 4.78 is 10.4. The Hall–Kier alpha value is -2.21. The van der Waals surface area contributed by atoms with Crippen LogP contribution in [0.15, 0.2) is 34.9 Å². The van der Waals surface area contributed by atoms with Crippen molar-refractivity contribution in [1.29, 1.82) is 0 Å². The van der Waals surface area contributed by atoms with E-state index < -0.39 is 0 Å². The molecule has 0 N–H and O–H groups in total. The third-order valence-corrected chi connectivity index (χ3v) is 4.09. The van der Waals surface area contributed by atoms with Crippen LogP contribution >= 0.6 is 0 Å². The number of amides is 1. The second-order valence-electron chi connectivity index (χ2n) is 6.55. The molecule has 0 radical (unpaired) electrons. The van der Waals surface area contributed by atoms with E-state index in [1.165, 1.54) is 0 Å². The lowest BCUT2D eigenvalue weighted by Crippen LogP contribution is -2.58. The van der Waals surface area contributed by atoms with Crippen LogP contribution in [0.1, 0.15) is 37.2 Å². The number of likely N-dealkylation sites (tertiary alicyclic amines) is 1. The van der Waals surface area contributed by atoms with Crippen LogP contribution in [0.25, 0.3) is 0 Å². The molecule has 1 aromatic carbocycles. The van der Waals surface area contributed by atoms with Gasteiger partial charge in [-0.1, -0.05) is 49.3 Å². The fourth-order valence-electron chi connectivity index (χ4n) is 3.13. The van der Waals surface area contributed by atoms with Crippen LogP contribution in [0, 0.1) is 12.3 Å². The normalized spacial score (nSPS) is 19.4. The number of benzene rings is 1. The maximum absolute atomic E-state index is 12.4. The molecule has 6 nitrogen and oxygen atoms in total. The van der Waals surface area contributed by atoms with Crippen LogP contribution in [0.3, 0.4) is 0 Å². The van der Waals surface area contributed by atoms with E-state index in [9.17, 15) is 4.79 Å². The van der Waals surface area contributed by atoms with E-state index in [0.717, 1.165) is 12.1 Å². The number of carbonyl (C=O) groups excluding carboxylic acids is 1. The van der Waals surface area contributed by atoms with Crippen LogP contribution in [0.2, 0.25) is 0 Å². The lowest BCUT2D eigenvalue weighted by molar-refractivity contribution is -0.157. The van der Waals surface area contributed by atoms with Gasteiger partial charge in [0.15, 0.2) is 5.82 Å². The Morgan fingerprint density at radius 1 is 1.39 bits per heavy atom. The molecule has 1 aliphatic heterocycles. The molecule has 1 saturated heterocycles. The fraction of sp³-hybridized carbons (Fsp3) is 0.471. The molecule has 1 fully saturated rings. The van der Waals surface area contributed by atoms with Gasteiger partial charge in [0, 0.05) is 12.0 Å². The average molecular weight is 315 g/mol.